The molecule has 4 rings (SSSR count). The first kappa shape index (κ1) is 22.9. The third-order valence-corrected chi connectivity index (χ3v) is 4.81. The third-order valence-electron chi connectivity index (χ3n) is 4.81. The summed E-state index contributed by atoms with van der Waals surface area (Å²) in [6.45, 7) is 1.35. The molecule has 0 unspecified atom stereocenters. The van der Waals surface area contributed by atoms with Gasteiger partial charge in [-0.15, -0.1) is 0 Å². The molecule has 1 N–H and O–H groups in total. The van der Waals surface area contributed by atoms with Crippen LogP contribution in [0.3, 0.4) is 0 Å². The standard InChI is InChI=1S/C25H18F3NO5/c1-15-5-4-6-17(11-15)34-22-13-33-21-12-16(9-10-18(21)24(22)31)32-14-23(30)29-20-8-3-2-7-19(20)25(26,27)28/h2-13H,14H2,1H3,(H,29,30). The summed E-state index contributed by atoms with van der Waals surface area (Å²) in [6.07, 6.45) is -3.43. The molecule has 0 spiro atoms. The number of halogens is 3. The Bertz CT molecular complexity index is 1410. The van der Waals surface area contributed by atoms with Crippen LogP contribution in [0.5, 0.6) is 17.2 Å². The third kappa shape index (κ3) is 5.20. The van der Waals surface area contributed by atoms with E-state index in [1.54, 1.807) is 18.2 Å². The van der Waals surface area contributed by atoms with E-state index in [4.69, 9.17) is 13.9 Å². The van der Waals surface area contributed by atoms with Gasteiger partial charge in [0.05, 0.1) is 16.6 Å². The maximum Gasteiger partial charge on any atom is 0.418 e. The number of hydrogen-bond acceptors (Lipinski definition) is 5. The molecule has 6 nitrogen and oxygen atoms in total. The fourth-order valence-electron chi connectivity index (χ4n) is 3.23. The normalized spacial score (nSPS) is 11.3. The van der Waals surface area contributed by atoms with Gasteiger partial charge in [0.2, 0.25) is 11.2 Å². The lowest BCUT2D eigenvalue weighted by Gasteiger charge is -2.14. The zero-order valence-corrected chi connectivity index (χ0v) is 17.8. The van der Waals surface area contributed by atoms with Crippen LogP contribution in [0, 0.1) is 6.92 Å². The number of alkyl halides is 3. The summed E-state index contributed by atoms with van der Waals surface area (Å²) >= 11 is 0. The van der Waals surface area contributed by atoms with Gasteiger partial charge in [-0.2, -0.15) is 13.2 Å². The summed E-state index contributed by atoms with van der Waals surface area (Å²) in [4.78, 5) is 24.9. The molecular formula is C25H18F3NO5. The highest BCUT2D eigenvalue weighted by Crippen LogP contribution is 2.34. The Hall–Kier alpha value is -4.27. The summed E-state index contributed by atoms with van der Waals surface area (Å²) in [5.74, 6) is -0.0819. The van der Waals surface area contributed by atoms with Gasteiger partial charge >= 0.3 is 6.18 Å². The Morgan fingerprint density at radius 2 is 1.79 bits per heavy atom. The molecule has 0 atom stereocenters. The quantitative estimate of drug-likeness (QED) is 0.379. The first-order valence-corrected chi connectivity index (χ1v) is 10.1. The van der Waals surface area contributed by atoms with Crippen LogP contribution in [0.2, 0.25) is 0 Å². The van der Waals surface area contributed by atoms with Gasteiger partial charge in [-0.3, -0.25) is 9.59 Å². The van der Waals surface area contributed by atoms with Gasteiger partial charge in [0.25, 0.3) is 5.91 Å². The lowest BCUT2D eigenvalue weighted by molar-refractivity contribution is -0.137. The summed E-state index contributed by atoms with van der Waals surface area (Å²) in [7, 11) is 0. The van der Waals surface area contributed by atoms with Gasteiger partial charge in [0.15, 0.2) is 6.61 Å². The molecule has 9 heteroatoms. The van der Waals surface area contributed by atoms with E-state index in [0.29, 0.717) is 5.75 Å². The van der Waals surface area contributed by atoms with Gasteiger partial charge in [0, 0.05) is 6.07 Å². The summed E-state index contributed by atoms with van der Waals surface area (Å²) in [5.41, 5.74) is -0.554. The van der Waals surface area contributed by atoms with E-state index in [9.17, 15) is 22.8 Å². The second kappa shape index (κ2) is 9.30. The number of benzene rings is 3. The molecule has 0 radical (unpaired) electrons. The number of aryl methyl sites for hydroxylation is 1. The first-order valence-electron chi connectivity index (χ1n) is 10.1. The van der Waals surface area contributed by atoms with E-state index in [0.717, 1.165) is 17.7 Å². The molecule has 0 aliphatic carbocycles. The summed E-state index contributed by atoms with van der Waals surface area (Å²) in [5, 5.41) is 2.43. The van der Waals surface area contributed by atoms with Crippen molar-refractivity contribution in [2.75, 3.05) is 11.9 Å². The molecule has 34 heavy (non-hydrogen) atoms. The number of carbonyl (C=O) groups excluding carboxylic acids is 1. The maximum atomic E-state index is 13.1. The molecule has 174 valence electrons. The maximum absolute atomic E-state index is 13.1. The van der Waals surface area contributed by atoms with Crippen molar-refractivity contribution in [3.63, 3.8) is 0 Å². The smallest absolute Gasteiger partial charge is 0.418 e. The minimum absolute atomic E-state index is 0.00877. The van der Waals surface area contributed by atoms with Crippen molar-refractivity contribution in [3.8, 4) is 17.2 Å². The molecular weight excluding hydrogens is 451 g/mol. The Balaban J connectivity index is 1.45. The molecule has 1 amide bonds. The number of nitrogens with one attached hydrogen (secondary N) is 1. The molecule has 0 aliphatic rings. The van der Waals surface area contributed by atoms with Crippen LogP contribution < -0.4 is 20.2 Å². The minimum atomic E-state index is -4.61. The molecule has 4 aromatic rings. The van der Waals surface area contributed by atoms with Gasteiger partial charge in [-0.25, -0.2) is 0 Å². The molecule has 0 saturated carbocycles. The van der Waals surface area contributed by atoms with Gasteiger partial charge in [0.1, 0.15) is 23.3 Å². The lowest BCUT2D eigenvalue weighted by Crippen LogP contribution is -2.22. The molecule has 3 aromatic carbocycles. The number of rotatable bonds is 6. The second-order valence-corrected chi connectivity index (χ2v) is 7.39. The van der Waals surface area contributed by atoms with E-state index in [2.05, 4.69) is 5.32 Å². The van der Waals surface area contributed by atoms with Crippen molar-refractivity contribution in [1.29, 1.82) is 0 Å². The Morgan fingerprint density at radius 3 is 2.56 bits per heavy atom. The van der Waals surface area contributed by atoms with E-state index in [1.807, 2.05) is 13.0 Å². The highest BCUT2D eigenvalue weighted by atomic mass is 19.4. The van der Waals surface area contributed by atoms with Crippen molar-refractivity contribution < 1.29 is 31.9 Å². The Morgan fingerprint density at radius 1 is 1.00 bits per heavy atom. The van der Waals surface area contributed by atoms with E-state index in [1.165, 1.54) is 36.6 Å². The SMILES string of the molecule is Cc1cccc(Oc2coc3cc(OCC(=O)Nc4ccccc4C(F)(F)F)ccc3c2=O)c1. The van der Waals surface area contributed by atoms with Crippen LogP contribution in [0.25, 0.3) is 11.0 Å². The van der Waals surface area contributed by atoms with Crippen molar-refractivity contribution in [1.82, 2.24) is 0 Å². The van der Waals surface area contributed by atoms with Gasteiger partial charge in [-0.1, -0.05) is 24.3 Å². The van der Waals surface area contributed by atoms with Gasteiger partial charge in [-0.05, 0) is 48.9 Å². The molecule has 0 saturated heterocycles. The zero-order valence-electron chi connectivity index (χ0n) is 17.8. The number of hydrogen-bond donors (Lipinski definition) is 1. The largest absolute Gasteiger partial charge is 0.484 e. The van der Waals surface area contributed by atoms with Crippen molar-refractivity contribution >= 4 is 22.6 Å². The fraction of sp³-hybridized carbons (Fsp3) is 0.120. The molecule has 0 fully saturated rings. The minimum Gasteiger partial charge on any atom is -0.484 e. The average Bonchev–Trinajstić information content (AvgIpc) is 2.79. The van der Waals surface area contributed by atoms with Crippen molar-refractivity contribution in [2.45, 2.75) is 13.1 Å². The van der Waals surface area contributed by atoms with Crippen LogP contribution in [0.15, 0.2) is 82.2 Å². The van der Waals surface area contributed by atoms with Crippen LogP contribution in [-0.2, 0) is 11.0 Å². The van der Waals surface area contributed by atoms with Crippen molar-refractivity contribution in [3.05, 3.63) is 94.3 Å². The lowest BCUT2D eigenvalue weighted by atomic mass is 10.1. The predicted molar refractivity (Wildman–Crippen MR) is 119 cm³/mol. The van der Waals surface area contributed by atoms with Crippen LogP contribution in [0.1, 0.15) is 11.1 Å². The van der Waals surface area contributed by atoms with E-state index in [-0.39, 0.29) is 28.2 Å². The number of fused-ring (bicyclic) bond motifs is 1. The second-order valence-electron chi connectivity index (χ2n) is 7.39. The highest BCUT2D eigenvalue weighted by molar-refractivity contribution is 5.92. The monoisotopic (exact) mass is 469 g/mol. The van der Waals surface area contributed by atoms with E-state index < -0.39 is 29.7 Å². The van der Waals surface area contributed by atoms with E-state index >= 15 is 0 Å². The molecule has 0 aliphatic heterocycles. The fourth-order valence-corrected chi connectivity index (χ4v) is 3.23. The number of carbonyl (C=O) groups is 1. The summed E-state index contributed by atoms with van der Waals surface area (Å²) in [6, 6.07) is 16.1. The summed E-state index contributed by atoms with van der Waals surface area (Å²) < 4.78 is 55.7. The van der Waals surface area contributed by atoms with Gasteiger partial charge < -0.3 is 19.2 Å². The van der Waals surface area contributed by atoms with Crippen LogP contribution in [0.4, 0.5) is 18.9 Å². The highest BCUT2D eigenvalue weighted by Gasteiger charge is 2.33. The van der Waals surface area contributed by atoms with Crippen LogP contribution >= 0.6 is 0 Å². The number of ether oxygens (including phenoxy) is 2. The first-order chi connectivity index (χ1) is 16.2. The number of para-hydroxylation sites is 1. The number of anilines is 1. The Kier molecular flexibility index (Phi) is 6.27. The topological polar surface area (TPSA) is 77.8 Å². The molecule has 1 heterocycles. The molecule has 0 bridgehead atoms. The average molecular weight is 469 g/mol. The Labute approximate surface area is 191 Å². The zero-order chi connectivity index (χ0) is 24.3. The molecule has 1 aromatic heterocycles. The van der Waals surface area contributed by atoms with Crippen molar-refractivity contribution in [2.24, 2.45) is 0 Å². The number of amides is 1. The van der Waals surface area contributed by atoms with Crippen LogP contribution in [-0.4, -0.2) is 12.5 Å². The predicted octanol–water partition coefficient (Wildman–Crippen LogP) is 5.93.